The van der Waals surface area contributed by atoms with Crippen LogP contribution in [-0.4, -0.2) is 23.5 Å². The molecule has 0 amide bonds. The summed E-state index contributed by atoms with van der Waals surface area (Å²) in [6, 6.07) is 1.55. The van der Waals surface area contributed by atoms with Crippen molar-refractivity contribution in [2.45, 2.75) is 18.9 Å². The third-order valence-corrected chi connectivity index (χ3v) is 2.07. The lowest BCUT2D eigenvalue weighted by Crippen LogP contribution is -2.30. The van der Waals surface area contributed by atoms with Crippen LogP contribution in [0.3, 0.4) is 0 Å². The maximum atomic E-state index is 11.5. The van der Waals surface area contributed by atoms with E-state index < -0.39 is 0 Å². The summed E-state index contributed by atoms with van der Waals surface area (Å²) in [7, 11) is 0. The molecule has 1 aromatic rings. The van der Waals surface area contributed by atoms with E-state index in [4.69, 9.17) is 0 Å². The molecule has 1 unspecified atom stereocenters. The van der Waals surface area contributed by atoms with Gasteiger partial charge < -0.3 is 9.84 Å². The third kappa shape index (κ3) is 1.25. The van der Waals surface area contributed by atoms with Crippen LogP contribution in [-0.2, 0) is 0 Å². The Balaban J connectivity index is 2.09. The van der Waals surface area contributed by atoms with Crippen LogP contribution in [0.25, 0.3) is 0 Å². The van der Waals surface area contributed by atoms with Crippen molar-refractivity contribution in [2.24, 2.45) is 0 Å². The van der Waals surface area contributed by atoms with E-state index in [9.17, 15) is 4.79 Å². The van der Waals surface area contributed by atoms with Gasteiger partial charge in [-0.05, 0) is 19.4 Å². The van der Waals surface area contributed by atoms with Crippen LogP contribution in [0, 0.1) is 0 Å². The van der Waals surface area contributed by atoms with Gasteiger partial charge in [0.15, 0.2) is 5.69 Å². The summed E-state index contributed by atoms with van der Waals surface area (Å²) in [5.41, 5.74) is 0.425. The van der Waals surface area contributed by atoms with Crippen molar-refractivity contribution in [1.82, 2.24) is 10.5 Å². The molecule has 0 aliphatic carbocycles. The third-order valence-electron chi connectivity index (χ3n) is 2.07. The van der Waals surface area contributed by atoms with Gasteiger partial charge in [-0.3, -0.25) is 4.79 Å². The minimum atomic E-state index is -0.0462. The van der Waals surface area contributed by atoms with E-state index in [2.05, 4.69) is 15.0 Å². The van der Waals surface area contributed by atoms with Crippen molar-refractivity contribution in [2.75, 3.05) is 6.54 Å². The van der Waals surface area contributed by atoms with Crippen LogP contribution in [0.1, 0.15) is 23.3 Å². The van der Waals surface area contributed by atoms with Crippen LogP contribution in [0.2, 0.25) is 0 Å². The Hall–Kier alpha value is -1.16. The van der Waals surface area contributed by atoms with Gasteiger partial charge in [0.2, 0.25) is 5.78 Å². The SMILES string of the molecule is O=C(c1ccon1)C1CCCN1. The van der Waals surface area contributed by atoms with E-state index in [1.165, 1.54) is 6.26 Å². The number of ketones is 1. The molecule has 1 aliphatic rings. The van der Waals surface area contributed by atoms with E-state index in [-0.39, 0.29) is 11.8 Å². The van der Waals surface area contributed by atoms with Gasteiger partial charge in [0, 0.05) is 6.07 Å². The predicted molar refractivity (Wildman–Crippen MR) is 41.9 cm³/mol. The van der Waals surface area contributed by atoms with Crippen LogP contribution in [0.15, 0.2) is 16.9 Å². The molecule has 4 nitrogen and oxygen atoms in total. The highest BCUT2D eigenvalue weighted by atomic mass is 16.5. The Labute approximate surface area is 69.9 Å². The predicted octanol–water partition coefficient (Wildman–Crippen LogP) is 0.609. The topological polar surface area (TPSA) is 55.1 Å². The normalized spacial score (nSPS) is 22.8. The van der Waals surface area contributed by atoms with Crippen molar-refractivity contribution < 1.29 is 9.32 Å². The lowest BCUT2D eigenvalue weighted by Gasteiger charge is -2.04. The molecular formula is C8H10N2O2. The van der Waals surface area contributed by atoms with Gasteiger partial charge >= 0.3 is 0 Å². The average molecular weight is 166 g/mol. The molecule has 1 saturated heterocycles. The minimum Gasteiger partial charge on any atom is -0.364 e. The number of aromatic nitrogens is 1. The van der Waals surface area contributed by atoms with Crippen molar-refractivity contribution in [3.63, 3.8) is 0 Å². The highest BCUT2D eigenvalue weighted by Gasteiger charge is 2.24. The van der Waals surface area contributed by atoms with E-state index in [0.717, 1.165) is 19.4 Å². The second-order valence-corrected chi connectivity index (χ2v) is 2.90. The number of hydrogen-bond acceptors (Lipinski definition) is 4. The zero-order valence-corrected chi connectivity index (χ0v) is 6.62. The number of carbonyl (C=O) groups excluding carboxylic acids is 1. The maximum Gasteiger partial charge on any atom is 0.201 e. The molecule has 1 fully saturated rings. The first-order valence-corrected chi connectivity index (χ1v) is 4.06. The first kappa shape index (κ1) is 7.49. The molecule has 2 rings (SSSR count). The quantitative estimate of drug-likeness (QED) is 0.654. The average Bonchev–Trinajstić information content (AvgIpc) is 2.77. The molecule has 0 aromatic carbocycles. The highest BCUT2D eigenvalue weighted by Crippen LogP contribution is 2.10. The Morgan fingerprint density at radius 3 is 3.25 bits per heavy atom. The fraction of sp³-hybridized carbons (Fsp3) is 0.500. The maximum absolute atomic E-state index is 11.5. The first-order chi connectivity index (χ1) is 5.88. The fourth-order valence-corrected chi connectivity index (χ4v) is 1.43. The molecule has 1 aliphatic heterocycles. The van der Waals surface area contributed by atoms with E-state index in [1.807, 2.05) is 0 Å². The van der Waals surface area contributed by atoms with Gasteiger partial charge in [-0.25, -0.2) is 0 Å². The minimum absolute atomic E-state index is 0.0428. The number of carbonyl (C=O) groups is 1. The van der Waals surface area contributed by atoms with Gasteiger partial charge in [-0.1, -0.05) is 5.16 Å². The van der Waals surface area contributed by atoms with E-state index >= 15 is 0 Å². The molecule has 0 bridgehead atoms. The lowest BCUT2D eigenvalue weighted by molar-refractivity contribution is 0.0943. The molecule has 1 aromatic heterocycles. The summed E-state index contributed by atoms with van der Waals surface area (Å²) in [6.07, 6.45) is 3.39. The standard InChI is InChI=1S/C8H10N2O2/c11-8(6-2-1-4-9-6)7-3-5-12-10-7/h3,5-6,9H,1-2,4H2. The van der Waals surface area contributed by atoms with Crippen molar-refractivity contribution >= 4 is 5.78 Å². The van der Waals surface area contributed by atoms with Gasteiger partial charge in [0.25, 0.3) is 0 Å². The monoisotopic (exact) mass is 166 g/mol. The smallest absolute Gasteiger partial charge is 0.201 e. The Bertz CT molecular complexity index is 263. The van der Waals surface area contributed by atoms with E-state index in [0.29, 0.717) is 5.69 Å². The van der Waals surface area contributed by atoms with Gasteiger partial charge in [0.1, 0.15) is 6.26 Å². The molecule has 2 heterocycles. The second kappa shape index (κ2) is 3.06. The van der Waals surface area contributed by atoms with Crippen molar-refractivity contribution in [3.8, 4) is 0 Å². The molecule has 0 saturated carbocycles. The number of hydrogen-bond donors (Lipinski definition) is 1. The summed E-state index contributed by atoms with van der Waals surface area (Å²) in [6.45, 7) is 0.925. The lowest BCUT2D eigenvalue weighted by atomic mass is 10.1. The van der Waals surface area contributed by atoms with Crippen molar-refractivity contribution in [3.05, 3.63) is 18.0 Å². The first-order valence-electron chi connectivity index (χ1n) is 4.06. The fourth-order valence-electron chi connectivity index (χ4n) is 1.43. The second-order valence-electron chi connectivity index (χ2n) is 2.90. The largest absolute Gasteiger partial charge is 0.364 e. The van der Waals surface area contributed by atoms with Gasteiger partial charge in [0.05, 0.1) is 6.04 Å². The number of Topliss-reactive ketones (excluding diaryl/α,β-unsaturated/α-hetero) is 1. The molecule has 1 N–H and O–H groups in total. The zero-order valence-electron chi connectivity index (χ0n) is 6.62. The molecule has 1 atom stereocenters. The van der Waals surface area contributed by atoms with Crippen molar-refractivity contribution in [1.29, 1.82) is 0 Å². The highest BCUT2D eigenvalue weighted by molar-refractivity contribution is 5.98. The summed E-state index contributed by atoms with van der Waals surface area (Å²) >= 11 is 0. The molecule has 0 spiro atoms. The summed E-state index contributed by atoms with van der Waals surface area (Å²) in [5, 5.41) is 6.71. The van der Waals surface area contributed by atoms with Crippen LogP contribution < -0.4 is 5.32 Å². The Kier molecular flexibility index (Phi) is 1.91. The van der Waals surface area contributed by atoms with Crippen LogP contribution >= 0.6 is 0 Å². The molecule has 12 heavy (non-hydrogen) atoms. The Morgan fingerprint density at radius 2 is 2.67 bits per heavy atom. The number of nitrogens with one attached hydrogen (secondary N) is 1. The molecular weight excluding hydrogens is 156 g/mol. The Morgan fingerprint density at radius 1 is 1.75 bits per heavy atom. The zero-order chi connectivity index (χ0) is 8.39. The summed E-state index contributed by atoms with van der Waals surface area (Å²) in [5.74, 6) is 0.0428. The number of nitrogens with zero attached hydrogens (tertiary/aromatic N) is 1. The molecule has 64 valence electrons. The summed E-state index contributed by atoms with van der Waals surface area (Å²) < 4.78 is 4.60. The summed E-state index contributed by atoms with van der Waals surface area (Å²) in [4.78, 5) is 11.5. The van der Waals surface area contributed by atoms with Crippen LogP contribution in [0.5, 0.6) is 0 Å². The van der Waals surface area contributed by atoms with Gasteiger partial charge in [-0.15, -0.1) is 0 Å². The number of rotatable bonds is 2. The van der Waals surface area contributed by atoms with E-state index in [1.54, 1.807) is 6.07 Å². The van der Waals surface area contributed by atoms with Crippen LogP contribution in [0.4, 0.5) is 0 Å². The van der Waals surface area contributed by atoms with Gasteiger partial charge in [-0.2, -0.15) is 0 Å². The molecule has 0 radical (unpaired) electrons. The molecule has 4 heteroatoms.